The molecule has 0 saturated carbocycles. The van der Waals surface area contributed by atoms with Gasteiger partial charge in [-0.25, -0.2) is 0 Å². The molecule has 0 N–H and O–H groups in total. The maximum Gasteiger partial charge on any atom is 0.283 e. The number of hydrogen-bond acceptors (Lipinski definition) is 5. The molecular formula is C12H16N2O4. The van der Waals surface area contributed by atoms with Crippen LogP contribution < -0.4 is 4.74 Å². The normalized spacial score (nSPS) is 10.4. The highest BCUT2D eigenvalue weighted by atomic mass is 16.6. The molecule has 0 amide bonds. The van der Waals surface area contributed by atoms with Gasteiger partial charge in [-0.1, -0.05) is 0 Å². The number of carbonyl (C=O) groups excluding carboxylic acids is 1. The average Bonchev–Trinajstić information content (AvgIpc) is 2.34. The van der Waals surface area contributed by atoms with E-state index in [4.69, 9.17) is 4.74 Å². The molecule has 0 heterocycles. The van der Waals surface area contributed by atoms with Crippen LogP contribution in [-0.2, 0) is 0 Å². The molecule has 0 bridgehead atoms. The van der Waals surface area contributed by atoms with Gasteiger partial charge in [0.15, 0.2) is 6.29 Å². The first kappa shape index (κ1) is 14.1. The fourth-order valence-corrected chi connectivity index (χ4v) is 1.44. The van der Waals surface area contributed by atoms with E-state index in [1.165, 1.54) is 12.1 Å². The number of ether oxygens (including phenoxy) is 1. The van der Waals surface area contributed by atoms with Crippen molar-refractivity contribution in [3.63, 3.8) is 0 Å². The van der Waals surface area contributed by atoms with Crippen LogP contribution in [0, 0.1) is 10.1 Å². The van der Waals surface area contributed by atoms with Gasteiger partial charge >= 0.3 is 0 Å². The fourth-order valence-electron chi connectivity index (χ4n) is 1.44. The lowest BCUT2D eigenvalue weighted by molar-refractivity contribution is -0.385. The summed E-state index contributed by atoms with van der Waals surface area (Å²) in [5.41, 5.74) is -0.171. The molecule has 0 saturated heterocycles. The van der Waals surface area contributed by atoms with Crippen molar-refractivity contribution < 1.29 is 14.5 Å². The number of benzene rings is 1. The van der Waals surface area contributed by atoms with Crippen molar-refractivity contribution in [1.29, 1.82) is 0 Å². The Kier molecular flexibility index (Phi) is 5.26. The van der Waals surface area contributed by atoms with Crippen molar-refractivity contribution in [2.45, 2.75) is 6.42 Å². The quantitative estimate of drug-likeness (QED) is 0.320. The SMILES string of the molecule is CN(C)CCCOc1ccc(C=O)c([N+](=O)[O-])c1. The van der Waals surface area contributed by atoms with E-state index < -0.39 is 4.92 Å². The molecule has 1 aromatic rings. The number of rotatable bonds is 7. The maximum atomic E-state index is 10.7. The third kappa shape index (κ3) is 4.14. The lowest BCUT2D eigenvalue weighted by Crippen LogP contribution is -2.15. The van der Waals surface area contributed by atoms with Gasteiger partial charge in [-0.05, 0) is 32.6 Å². The number of nitro benzene ring substituents is 1. The molecule has 0 radical (unpaired) electrons. The first-order valence-corrected chi connectivity index (χ1v) is 5.55. The summed E-state index contributed by atoms with van der Waals surface area (Å²) in [6.45, 7) is 1.37. The summed E-state index contributed by atoms with van der Waals surface area (Å²) in [6.07, 6.45) is 1.30. The Morgan fingerprint density at radius 3 is 2.72 bits per heavy atom. The number of hydrogen-bond donors (Lipinski definition) is 0. The van der Waals surface area contributed by atoms with Gasteiger partial charge in [0.05, 0.1) is 23.2 Å². The predicted octanol–water partition coefficient (Wildman–Crippen LogP) is 1.74. The molecule has 6 nitrogen and oxygen atoms in total. The Balaban J connectivity index is 2.64. The summed E-state index contributed by atoms with van der Waals surface area (Å²) in [4.78, 5) is 22.8. The third-order valence-electron chi connectivity index (χ3n) is 2.34. The zero-order valence-corrected chi connectivity index (χ0v) is 10.5. The van der Waals surface area contributed by atoms with Crippen LogP contribution in [0.5, 0.6) is 5.75 Å². The monoisotopic (exact) mass is 252 g/mol. The Morgan fingerprint density at radius 2 is 2.17 bits per heavy atom. The molecule has 6 heteroatoms. The lowest BCUT2D eigenvalue weighted by Gasteiger charge is -2.10. The van der Waals surface area contributed by atoms with Crippen LogP contribution in [-0.4, -0.2) is 43.4 Å². The molecule has 0 aliphatic carbocycles. The Labute approximate surface area is 105 Å². The number of aldehydes is 1. The molecule has 0 fully saturated rings. The van der Waals surface area contributed by atoms with Crippen LogP contribution >= 0.6 is 0 Å². The van der Waals surface area contributed by atoms with Crippen molar-refractivity contribution in [3.8, 4) is 5.75 Å². The molecule has 0 spiro atoms. The van der Waals surface area contributed by atoms with Crippen molar-refractivity contribution in [2.75, 3.05) is 27.2 Å². The molecule has 0 aliphatic rings. The molecular weight excluding hydrogens is 236 g/mol. The minimum absolute atomic E-state index is 0.0561. The van der Waals surface area contributed by atoms with Gasteiger partial charge in [0.2, 0.25) is 0 Å². The van der Waals surface area contributed by atoms with Crippen LogP contribution in [0.25, 0.3) is 0 Å². The summed E-state index contributed by atoms with van der Waals surface area (Å²) in [5, 5.41) is 10.7. The van der Waals surface area contributed by atoms with Crippen molar-refractivity contribution in [2.24, 2.45) is 0 Å². The van der Waals surface area contributed by atoms with Gasteiger partial charge in [-0.15, -0.1) is 0 Å². The third-order valence-corrected chi connectivity index (χ3v) is 2.34. The van der Waals surface area contributed by atoms with Crippen LogP contribution in [0.3, 0.4) is 0 Å². The first-order chi connectivity index (χ1) is 8.54. The highest BCUT2D eigenvalue weighted by Gasteiger charge is 2.14. The molecule has 1 aromatic carbocycles. The average molecular weight is 252 g/mol. The van der Waals surface area contributed by atoms with E-state index >= 15 is 0 Å². The van der Waals surface area contributed by atoms with E-state index in [0.29, 0.717) is 18.6 Å². The van der Waals surface area contributed by atoms with Gasteiger partial charge in [0.25, 0.3) is 5.69 Å². The van der Waals surface area contributed by atoms with E-state index in [1.54, 1.807) is 6.07 Å². The van der Waals surface area contributed by atoms with E-state index in [9.17, 15) is 14.9 Å². The van der Waals surface area contributed by atoms with Crippen LogP contribution in [0.1, 0.15) is 16.8 Å². The maximum absolute atomic E-state index is 10.7. The zero-order chi connectivity index (χ0) is 13.5. The number of nitrogens with zero attached hydrogens (tertiary/aromatic N) is 2. The van der Waals surface area contributed by atoms with Crippen molar-refractivity contribution in [3.05, 3.63) is 33.9 Å². The Hall–Kier alpha value is -1.95. The standard InChI is InChI=1S/C12H16N2O4/c1-13(2)6-3-7-18-11-5-4-10(9-15)12(8-11)14(16)17/h4-5,8-9H,3,6-7H2,1-2H3. The van der Waals surface area contributed by atoms with E-state index in [2.05, 4.69) is 0 Å². The van der Waals surface area contributed by atoms with Gasteiger partial charge in [0.1, 0.15) is 5.75 Å². The second-order valence-electron chi connectivity index (χ2n) is 4.10. The topological polar surface area (TPSA) is 72.7 Å². The summed E-state index contributed by atoms with van der Waals surface area (Å²) >= 11 is 0. The second-order valence-corrected chi connectivity index (χ2v) is 4.10. The smallest absolute Gasteiger partial charge is 0.283 e. The molecule has 98 valence electrons. The highest BCUT2D eigenvalue weighted by molar-refractivity contribution is 5.81. The minimum atomic E-state index is -0.587. The zero-order valence-electron chi connectivity index (χ0n) is 10.5. The van der Waals surface area contributed by atoms with Crippen molar-refractivity contribution in [1.82, 2.24) is 4.90 Å². The van der Waals surface area contributed by atoms with Gasteiger partial charge < -0.3 is 9.64 Å². The number of nitro groups is 1. The van der Waals surface area contributed by atoms with E-state index in [-0.39, 0.29) is 11.3 Å². The fraction of sp³-hybridized carbons (Fsp3) is 0.417. The molecule has 0 aromatic heterocycles. The van der Waals surface area contributed by atoms with Gasteiger partial charge in [-0.2, -0.15) is 0 Å². The summed E-state index contributed by atoms with van der Waals surface area (Å²) in [6, 6.07) is 4.23. The predicted molar refractivity (Wildman–Crippen MR) is 67.1 cm³/mol. The lowest BCUT2D eigenvalue weighted by atomic mass is 10.2. The van der Waals surface area contributed by atoms with E-state index in [1.807, 2.05) is 19.0 Å². The largest absolute Gasteiger partial charge is 0.493 e. The molecule has 0 atom stereocenters. The molecule has 0 unspecified atom stereocenters. The summed E-state index contributed by atoms with van der Waals surface area (Å²) < 4.78 is 5.40. The van der Waals surface area contributed by atoms with Crippen LogP contribution in [0.2, 0.25) is 0 Å². The molecule has 18 heavy (non-hydrogen) atoms. The first-order valence-electron chi connectivity index (χ1n) is 5.55. The van der Waals surface area contributed by atoms with E-state index in [0.717, 1.165) is 13.0 Å². The van der Waals surface area contributed by atoms with Crippen LogP contribution in [0.4, 0.5) is 5.69 Å². The summed E-state index contributed by atoms with van der Waals surface area (Å²) in [5.74, 6) is 0.408. The summed E-state index contributed by atoms with van der Waals surface area (Å²) in [7, 11) is 3.92. The second kappa shape index (κ2) is 6.70. The Bertz CT molecular complexity index is 432. The number of carbonyl (C=O) groups is 1. The minimum Gasteiger partial charge on any atom is -0.493 e. The molecule has 0 aliphatic heterocycles. The van der Waals surface area contributed by atoms with Gasteiger partial charge in [0, 0.05) is 6.54 Å². The highest BCUT2D eigenvalue weighted by Crippen LogP contribution is 2.23. The Morgan fingerprint density at radius 1 is 1.44 bits per heavy atom. The van der Waals surface area contributed by atoms with Crippen molar-refractivity contribution >= 4 is 12.0 Å². The van der Waals surface area contributed by atoms with Crippen LogP contribution in [0.15, 0.2) is 18.2 Å². The van der Waals surface area contributed by atoms with Gasteiger partial charge in [-0.3, -0.25) is 14.9 Å². The molecule has 1 rings (SSSR count).